The topological polar surface area (TPSA) is 58.6 Å². The third-order valence-electron chi connectivity index (χ3n) is 3.56. The van der Waals surface area contributed by atoms with E-state index in [1.807, 2.05) is 30.3 Å². The molecule has 0 saturated heterocycles. The van der Waals surface area contributed by atoms with Gasteiger partial charge in [-0.05, 0) is 30.7 Å². The second-order valence-electron chi connectivity index (χ2n) is 5.25. The molecule has 0 bridgehead atoms. The summed E-state index contributed by atoms with van der Waals surface area (Å²) in [5, 5.41) is 13.1. The fraction of sp³-hybridized carbons (Fsp3) is 0.278. The second kappa shape index (κ2) is 7.61. The molecule has 4 nitrogen and oxygen atoms in total. The van der Waals surface area contributed by atoms with Gasteiger partial charge >= 0.3 is 0 Å². The Bertz CT molecular complexity index is 613. The molecule has 0 aliphatic heterocycles. The van der Waals surface area contributed by atoms with Crippen molar-refractivity contribution in [2.75, 3.05) is 7.11 Å². The van der Waals surface area contributed by atoms with Crippen LogP contribution in [-0.4, -0.2) is 30.3 Å². The Morgan fingerprint density at radius 2 is 1.91 bits per heavy atom. The normalized spacial score (nSPS) is 13.2. The molecule has 0 saturated carbocycles. The lowest BCUT2D eigenvalue weighted by molar-refractivity contribution is 0.0851. The minimum atomic E-state index is -0.642. The molecular formula is C18H21NO3. The molecule has 0 aliphatic rings. The Morgan fingerprint density at radius 1 is 1.18 bits per heavy atom. The quantitative estimate of drug-likeness (QED) is 0.861. The lowest BCUT2D eigenvalue weighted by atomic mass is 10.0. The first kappa shape index (κ1) is 16.0. The molecule has 1 amide bonds. The minimum absolute atomic E-state index is 0.224. The lowest BCUT2D eigenvalue weighted by Gasteiger charge is -2.20. The van der Waals surface area contributed by atoms with E-state index in [-0.39, 0.29) is 11.9 Å². The number of carbonyl (C=O) groups excluding carboxylic acids is 1. The van der Waals surface area contributed by atoms with Crippen LogP contribution in [0.25, 0.3) is 0 Å². The number of benzene rings is 2. The molecule has 0 aromatic heterocycles. The molecule has 4 heteroatoms. The van der Waals surface area contributed by atoms with Crippen LogP contribution >= 0.6 is 0 Å². The van der Waals surface area contributed by atoms with Gasteiger partial charge in [0.15, 0.2) is 0 Å². The van der Waals surface area contributed by atoms with Gasteiger partial charge in [0.05, 0.1) is 19.3 Å². The van der Waals surface area contributed by atoms with E-state index in [0.29, 0.717) is 17.7 Å². The number of carbonyl (C=O) groups is 1. The number of rotatable bonds is 6. The van der Waals surface area contributed by atoms with Crippen molar-refractivity contribution in [3.63, 3.8) is 0 Å². The number of aliphatic hydroxyl groups is 1. The van der Waals surface area contributed by atoms with Crippen LogP contribution in [0.2, 0.25) is 0 Å². The molecule has 2 unspecified atom stereocenters. The minimum Gasteiger partial charge on any atom is -0.497 e. The van der Waals surface area contributed by atoms with Gasteiger partial charge in [0.1, 0.15) is 5.75 Å². The van der Waals surface area contributed by atoms with Crippen molar-refractivity contribution in [1.29, 1.82) is 0 Å². The van der Waals surface area contributed by atoms with Crippen LogP contribution < -0.4 is 10.1 Å². The lowest BCUT2D eigenvalue weighted by Crippen LogP contribution is -2.42. The molecule has 116 valence electrons. The van der Waals surface area contributed by atoms with Gasteiger partial charge in [0.25, 0.3) is 5.91 Å². The van der Waals surface area contributed by atoms with Gasteiger partial charge in [-0.15, -0.1) is 0 Å². The third-order valence-corrected chi connectivity index (χ3v) is 3.56. The SMILES string of the molecule is COc1cccc(C(=O)NC(C)C(O)Cc2ccccc2)c1. The van der Waals surface area contributed by atoms with Crippen LogP contribution in [0.15, 0.2) is 54.6 Å². The average Bonchev–Trinajstić information content (AvgIpc) is 2.55. The summed E-state index contributed by atoms with van der Waals surface area (Å²) in [5.74, 6) is 0.406. The predicted molar refractivity (Wildman–Crippen MR) is 86.1 cm³/mol. The zero-order valence-corrected chi connectivity index (χ0v) is 12.8. The van der Waals surface area contributed by atoms with Gasteiger partial charge in [-0.1, -0.05) is 36.4 Å². The highest BCUT2D eigenvalue weighted by atomic mass is 16.5. The summed E-state index contributed by atoms with van der Waals surface area (Å²) in [6, 6.07) is 16.3. The Labute approximate surface area is 130 Å². The summed E-state index contributed by atoms with van der Waals surface area (Å²) in [6.45, 7) is 1.80. The van der Waals surface area contributed by atoms with Crippen LogP contribution in [-0.2, 0) is 6.42 Å². The number of methoxy groups -OCH3 is 1. The van der Waals surface area contributed by atoms with E-state index in [2.05, 4.69) is 5.32 Å². The summed E-state index contributed by atoms with van der Waals surface area (Å²) in [6.07, 6.45) is -0.141. The highest BCUT2D eigenvalue weighted by molar-refractivity contribution is 5.94. The van der Waals surface area contributed by atoms with E-state index in [9.17, 15) is 9.90 Å². The first-order chi connectivity index (χ1) is 10.6. The van der Waals surface area contributed by atoms with Gasteiger partial charge in [0, 0.05) is 12.0 Å². The number of amides is 1. The summed E-state index contributed by atoms with van der Waals surface area (Å²) in [4.78, 5) is 12.2. The zero-order chi connectivity index (χ0) is 15.9. The summed E-state index contributed by atoms with van der Waals surface area (Å²) < 4.78 is 5.11. The van der Waals surface area contributed by atoms with E-state index >= 15 is 0 Å². The Kier molecular flexibility index (Phi) is 5.55. The molecule has 0 heterocycles. The number of hydrogen-bond donors (Lipinski definition) is 2. The first-order valence-corrected chi connectivity index (χ1v) is 7.27. The summed E-state index contributed by atoms with van der Waals surface area (Å²) in [7, 11) is 1.56. The van der Waals surface area contributed by atoms with Crippen LogP contribution in [0.4, 0.5) is 0 Å². The molecule has 2 aromatic rings. The van der Waals surface area contributed by atoms with Crippen molar-refractivity contribution < 1.29 is 14.6 Å². The molecule has 2 N–H and O–H groups in total. The van der Waals surface area contributed by atoms with Crippen molar-refractivity contribution >= 4 is 5.91 Å². The van der Waals surface area contributed by atoms with Gasteiger partial charge < -0.3 is 15.2 Å². The van der Waals surface area contributed by atoms with Gasteiger partial charge in [-0.25, -0.2) is 0 Å². The van der Waals surface area contributed by atoms with Crippen molar-refractivity contribution in [3.8, 4) is 5.75 Å². The highest BCUT2D eigenvalue weighted by Gasteiger charge is 2.18. The average molecular weight is 299 g/mol. The maximum atomic E-state index is 12.2. The Hall–Kier alpha value is -2.33. The van der Waals surface area contributed by atoms with Crippen molar-refractivity contribution in [2.45, 2.75) is 25.5 Å². The molecule has 2 rings (SSSR count). The molecular weight excluding hydrogens is 278 g/mol. The zero-order valence-electron chi connectivity index (χ0n) is 12.8. The van der Waals surface area contributed by atoms with E-state index in [0.717, 1.165) is 5.56 Å². The molecule has 2 aromatic carbocycles. The molecule has 22 heavy (non-hydrogen) atoms. The van der Waals surface area contributed by atoms with Gasteiger partial charge in [-0.2, -0.15) is 0 Å². The van der Waals surface area contributed by atoms with E-state index in [1.165, 1.54) is 0 Å². The monoisotopic (exact) mass is 299 g/mol. The third kappa shape index (κ3) is 4.33. The number of aliphatic hydroxyl groups excluding tert-OH is 1. The maximum Gasteiger partial charge on any atom is 0.251 e. The summed E-state index contributed by atoms with van der Waals surface area (Å²) in [5.41, 5.74) is 1.55. The number of hydrogen-bond acceptors (Lipinski definition) is 3. The fourth-order valence-electron chi connectivity index (χ4n) is 2.18. The van der Waals surface area contributed by atoms with Crippen molar-refractivity contribution in [1.82, 2.24) is 5.32 Å². The predicted octanol–water partition coefficient (Wildman–Crippen LogP) is 2.42. The number of ether oxygens (including phenoxy) is 1. The smallest absolute Gasteiger partial charge is 0.251 e. The Morgan fingerprint density at radius 3 is 2.59 bits per heavy atom. The van der Waals surface area contributed by atoms with Crippen LogP contribution in [0.3, 0.4) is 0 Å². The van der Waals surface area contributed by atoms with Crippen LogP contribution in [0.5, 0.6) is 5.75 Å². The van der Waals surface area contributed by atoms with Crippen molar-refractivity contribution in [3.05, 3.63) is 65.7 Å². The van der Waals surface area contributed by atoms with Crippen LogP contribution in [0.1, 0.15) is 22.8 Å². The van der Waals surface area contributed by atoms with E-state index in [1.54, 1.807) is 38.3 Å². The Balaban J connectivity index is 1.95. The van der Waals surface area contributed by atoms with Gasteiger partial charge in [0.2, 0.25) is 0 Å². The highest BCUT2D eigenvalue weighted by Crippen LogP contribution is 2.13. The largest absolute Gasteiger partial charge is 0.497 e. The standard InChI is InChI=1S/C18H21NO3/c1-13(17(20)11-14-7-4-3-5-8-14)19-18(21)15-9-6-10-16(12-15)22-2/h3-10,12-13,17,20H,11H2,1-2H3,(H,19,21). The van der Waals surface area contributed by atoms with Crippen molar-refractivity contribution in [2.24, 2.45) is 0 Å². The first-order valence-electron chi connectivity index (χ1n) is 7.27. The van der Waals surface area contributed by atoms with E-state index < -0.39 is 6.10 Å². The van der Waals surface area contributed by atoms with Gasteiger partial charge in [-0.3, -0.25) is 4.79 Å². The molecule has 2 atom stereocenters. The maximum absolute atomic E-state index is 12.2. The molecule has 0 fully saturated rings. The number of nitrogens with one attached hydrogen (secondary N) is 1. The fourth-order valence-corrected chi connectivity index (χ4v) is 2.18. The van der Waals surface area contributed by atoms with E-state index in [4.69, 9.17) is 4.74 Å². The molecule has 0 radical (unpaired) electrons. The summed E-state index contributed by atoms with van der Waals surface area (Å²) >= 11 is 0. The van der Waals surface area contributed by atoms with Crippen LogP contribution in [0, 0.1) is 0 Å². The molecule has 0 aliphatic carbocycles. The second-order valence-corrected chi connectivity index (χ2v) is 5.25. The molecule has 0 spiro atoms.